The molecule has 1 unspecified atom stereocenters. The molecule has 0 spiro atoms. The molecule has 1 N–H and O–H groups in total. The molecule has 0 bridgehead atoms. The highest BCUT2D eigenvalue weighted by Crippen LogP contribution is 2.31. The molecule has 8 nitrogen and oxygen atoms in total. The lowest BCUT2D eigenvalue weighted by molar-refractivity contribution is -0.122. The summed E-state index contributed by atoms with van der Waals surface area (Å²) in [5, 5.41) is 2.56. The largest absolute Gasteiger partial charge is 0.326 e. The van der Waals surface area contributed by atoms with Crippen molar-refractivity contribution in [2.24, 2.45) is 0 Å². The maximum absolute atomic E-state index is 13.7. The van der Waals surface area contributed by atoms with Crippen LogP contribution >= 0.6 is 0 Å². The number of nitrogens with zero attached hydrogens (tertiary/aromatic N) is 2. The van der Waals surface area contributed by atoms with E-state index in [1.165, 1.54) is 55.5 Å². The van der Waals surface area contributed by atoms with Gasteiger partial charge in [0.05, 0.1) is 17.0 Å². The summed E-state index contributed by atoms with van der Waals surface area (Å²) in [4.78, 5) is 38.3. The lowest BCUT2D eigenvalue weighted by Crippen LogP contribution is -2.45. The predicted molar refractivity (Wildman–Crippen MR) is 127 cm³/mol. The smallest absolute Gasteiger partial charge is 0.252 e. The molecule has 0 aromatic heterocycles. The first-order valence-corrected chi connectivity index (χ1v) is 12.2. The second kappa shape index (κ2) is 9.77. The Morgan fingerprint density at radius 2 is 1.63 bits per heavy atom. The van der Waals surface area contributed by atoms with Gasteiger partial charge in [0.2, 0.25) is 21.8 Å². The van der Waals surface area contributed by atoms with Gasteiger partial charge in [-0.2, -0.15) is 4.31 Å². The maximum atomic E-state index is 13.7. The van der Waals surface area contributed by atoms with E-state index in [4.69, 9.17) is 0 Å². The van der Waals surface area contributed by atoms with E-state index < -0.39 is 33.7 Å². The summed E-state index contributed by atoms with van der Waals surface area (Å²) >= 11 is 0. The fourth-order valence-corrected chi connectivity index (χ4v) is 5.44. The number of hydrogen-bond acceptors (Lipinski definition) is 5. The zero-order valence-corrected chi connectivity index (χ0v) is 19.5. The van der Waals surface area contributed by atoms with Gasteiger partial charge < -0.3 is 5.32 Å². The minimum absolute atomic E-state index is 0.118. The number of anilines is 2. The lowest BCUT2D eigenvalue weighted by atomic mass is 10.2. The number of sulfonamides is 1. The molecule has 1 saturated heterocycles. The van der Waals surface area contributed by atoms with Gasteiger partial charge in [0.1, 0.15) is 11.9 Å². The normalized spacial score (nSPS) is 16.1. The molecule has 3 amide bonds. The Bertz CT molecular complexity index is 1360. The first-order chi connectivity index (χ1) is 16.7. The average Bonchev–Trinajstić information content (AvgIpc) is 3.12. The van der Waals surface area contributed by atoms with Gasteiger partial charge in [0.25, 0.3) is 5.91 Å². The van der Waals surface area contributed by atoms with Crippen molar-refractivity contribution in [1.29, 1.82) is 0 Å². The molecule has 1 heterocycles. The van der Waals surface area contributed by atoms with E-state index in [1.807, 2.05) is 0 Å². The molecule has 4 rings (SSSR count). The molecular weight excluding hydrogens is 473 g/mol. The van der Waals surface area contributed by atoms with Gasteiger partial charge in [-0.1, -0.05) is 30.3 Å². The summed E-state index contributed by atoms with van der Waals surface area (Å²) in [5.41, 5.74) is 1.20. The Morgan fingerprint density at radius 1 is 1.00 bits per heavy atom. The van der Waals surface area contributed by atoms with E-state index in [0.717, 1.165) is 9.21 Å². The number of imide groups is 1. The van der Waals surface area contributed by atoms with Crippen LogP contribution < -0.4 is 10.2 Å². The third-order valence-corrected chi connectivity index (χ3v) is 7.39. The first kappa shape index (κ1) is 24.2. The van der Waals surface area contributed by atoms with Crippen LogP contribution in [0.25, 0.3) is 0 Å². The zero-order chi connectivity index (χ0) is 25.2. The summed E-state index contributed by atoms with van der Waals surface area (Å²) in [6.07, 6.45) is -0.335. The van der Waals surface area contributed by atoms with Crippen LogP contribution in [0.1, 0.15) is 18.9 Å². The van der Waals surface area contributed by atoms with Crippen molar-refractivity contribution in [3.8, 4) is 0 Å². The predicted octanol–water partition coefficient (Wildman–Crippen LogP) is 3.31. The highest BCUT2D eigenvalue weighted by molar-refractivity contribution is 7.89. The molecule has 1 aliphatic rings. The van der Waals surface area contributed by atoms with E-state index in [0.29, 0.717) is 16.9 Å². The number of halogens is 1. The number of carbonyl (C=O) groups is 3. The topological polar surface area (TPSA) is 104 Å². The number of carbonyl (C=O) groups excluding carboxylic acids is 3. The van der Waals surface area contributed by atoms with Crippen LogP contribution in [0.5, 0.6) is 0 Å². The summed E-state index contributed by atoms with van der Waals surface area (Å²) in [5.74, 6) is -1.98. The molecule has 3 aromatic carbocycles. The van der Waals surface area contributed by atoms with Crippen molar-refractivity contribution in [1.82, 2.24) is 4.31 Å². The summed E-state index contributed by atoms with van der Waals surface area (Å²) in [7, 11) is -4.27. The zero-order valence-electron chi connectivity index (χ0n) is 18.7. The number of hydrogen-bond donors (Lipinski definition) is 1. The van der Waals surface area contributed by atoms with Crippen LogP contribution in [0.3, 0.4) is 0 Å². The van der Waals surface area contributed by atoms with Crippen molar-refractivity contribution in [3.05, 3.63) is 90.2 Å². The van der Waals surface area contributed by atoms with Gasteiger partial charge in [-0.15, -0.1) is 0 Å². The molecule has 0 radical (unpaired) electrons. The average molecular weight is 496 g/mol. The third-order valence-electron chi connectivity index (χ3n) is 5.52. The van der Waals surface area contributed by atoms with Gasteiger partial charge in [0.15, 0.2) is 0 Å². The van der Waals surface area contributed by atoms with Gasteiger partial charge in [0, 0.05) is 19.2 Å². The minimum Gasteiger partial charge on any atom is -0.326 e. The van der Waals surface area contributed by atoms with Crippen LogP contribution in [0.15, 0.2) is 83.8 Å². The van der Waals surface area contributed by atoms with Crippen molar-refractivity contribution >= 4 is 39.1 Å². The lowest BCUT2D eigenvalue weighted by Gasteiger charge is -2.27. The van der Waals surface area contributed by atoms with E-state index in [9.17, 15) is 27.2 Å². The Hall–Kier alpha value is -3.89. The molecule has 0 aliphatic carbocycles. The maximum Gasteiger partial charge on any atom is 0.252 e. The summed E-state index contributed by atoms with van der Waals surface area (Å²) in [6, 6.07) is 17.7. The van der Waals surface area contributed by atoms with Crippen molar-refractivity contribution in [3.63, 3.8) is 0 Å². The van der Waals surface area contributed by atoms with Crippen LogP contribution in [-0.2, 0) is 31.0 Å². The fourth-order valence-electron chi connectivity index (χ4n) is 3.87. The van der Waals surface area contributed by atoms with E-state index in [1.54, 1.807) is 30.3 Å². The van der Waals surface area contributed by atoms with Crippen LogP contribution in [0, 0.1) is 5.82 Å². The second-order valence-corrected chi connectivity index (χ2v) is 9.90. The van der Waals surface area contributed by atoms with Crippen LogP contribution in [0.4, 0.5) is 15.8 Å². The number of benzene rings is 3. The Kier molecular flexibility index (Phi) is 6.77. The summed E-state index contributed by atoms with van der Waals surface area (Å²) in [6.45, 7) is 1.08. The van der Waals surface area contributed by atoms with Crippen LogP contribution in [-0.4, -0.2) is 36.5 Å². The molecule has 1 fully saturated rings. The Morgan fingerprint density at radius 3 is 2.23 bits per heavy atom. The molecule has 0 saturated carbocycles. The van der Waals surface area contributed by atoms with Crippen molar-refractivity contribution in [2.45, 2.75) is 30.8 Å². The number of rotatable bonds is 7. The van der Waals surface area contributed by atoms with Crippen molar-refractivity contribution < 1.29 is 27.2 Å². The second-order valence-electron chi connectivity index (χ2n) is 8.01. The molecule has 180 valence electrons. The Balaban J connectivity index is 1.72. The highest BCUT2D eigenvalue weighted by Gasteiger charge is 2.47. The molecular formula is C25H22FN3O5S. The van der Waals surface area contributed by atoms with E-state index in [2.05, 4.69) is 5.32 Å². The monoisotopic (exact) mass is 495 g/mol. The number of para-hydroxylation sites is 1. The molecule has 1 aliphatic heterocycles. The van der Waals surface area contributed by atoms with Crippen molar-refractivity contribution in [2.75, 3.05) is 10.2 Å². The van der Waals surface area contributed by atoms with E-state index >= 15 is 0 Å². The van der Waals surface area contributed by atoms with Gasteiger partial charge in [-0.05, 0) is 54.1 Å². The number of amides is 3. The molecule has 1 atom stereocenters. The fraction of sp³-hybridized carbons (Fsp3) is 0.160. The van der Waals surface area contributed by atoms with E-state index in [-0.39, 0.29) is 23.8 Å². The molecule has 3 aromatic rings. The van der Waals surface area contributed by atoms with Gasteiger partial charge in [-0.3, -0.25) is 14.4 Å². The van der Waals surface area contributed by atoms with Gasteiger partial charge in [-0.25, -0.2) is 17.7 Å². The third kappa shape index (κ3) is 5.13. The first-order valence-electron chi connectivity index (χ1n) is 10.7. The minimum atomic E-state index is -4.27. The van der Waals surface area contributed by atoms with Crippen LogP contribution in [0.2, 0.25) is 0 Å². The number of nitrogens with one attached hydrogen (secondary N) is 1. The molecule has 35 heavy (non-hydrogen) atoms. The Labute approximate surface area is 202 Å². The van der Waals surface area contributed by atoms with Gasteiger partial charge >= 0.3 is 0 Å². The SMILES string of the molecule is CC(=O)Nc1ccc(S(=O)(=O)N(Cc2ccc(F)cc2)C2CC(=O)N(c3ccccc3)C2=O)cc1. The summed E-state index contributed by atoms with van der Waals surface area (Å²) < 4.78 is 41.8. The molecule has 10 heteroatoms. The standard InChI is InChI=1S/C25H22FN3O5S/c1-17(30)27-20-11-13-22(14-12-20)35(33,34)28(16-18-7-9-19(26)10-8-18)23-15-24(31)29(25(23)32)21-5-3-2-4-6-21/h2-14,23H,15-16H2,1H3,(H,27,30). The highest BCUT2D eigenvalue weighted by atomic mass is 32.2. The quantitative estimate of drug-likeness (QED) is 0.507.